The minimum Gasteiger partial charge on any atom is -0.496 e. The van der Waals surface area contributed by atoms with Gasteiger partial charge in [-0.05, 0) is 86.9 Å². The number of amides is 1. The van der Waals surface area contributed by atoms with Gasteiger partial charge in [0.25, 0.3) is 15.9 Å². The van der Waals surface area contributed by atoms with Crippen molar-refractivity contribution in [3.05, 3.63) is 89.2 Å². The van der Waals surface area contributed by atoms with Crippen LogP contribution in [0, 0.1) is 12.7 Å². The van der Waals surface area contributed by atoms with Crippen molar-refractivity contribution in [3.63, 3.8) is 0 Å². The van der Waals surface area contributed by atoms with Crippen molar-refractivity contribution in [2.75, 3.05) is 31.5 Å². The molecule has 1 saturated heterocycles. The SMILES string of the molecule is COc1ccccc1[C@@H](CNC(=O)c1ccc(NS(=O)(=O)c2ccc(F)c(C)c2)cc1)N1CCCC1. The second kappa shape index (κ2) is 11.1. The summed E-state index contributed by atoms with van der Waals surface area (Å²) in [5, 5.41) is 3.02. The Morgan fingerprint density at radius 2 is 1.75 bits per heavy atom. The first-order chi connectivity index (χ1) is 17.3. The predicted molar refractivity (Wildman–Crippen MR) is 137 cm³/mol. The third-order valence-corrected chi connectivity index (χ3v) is 7.75. The van der Waals surface area contributed by atoms with Crippen LogP contribution in [0.3, 0.4) is 0 Å². The number of methoxy groups -OCH3 is 1. The number of likely N-dealkylation sites (tertiary alicyclic amines) is 1. The largest absolute Gasteiger partial charge is 0.496 e. The molecule has 0 spiro atoms. The summed E-state index contributed by atoms with van der Waals surface area (Å²) in [5.74, 6) is 0.0660. The third kappa shape index (κ3) is 5.85. The molecule has 1 amide bonds. The smallest absolute Gasteiger partial charge is 0.261 e. The van der Waals surface area contributed by atoms with Crippen LogP contribution in [0.4, 0.5) is 10.1 Å². The molecule has 7 nitrogen and oxygen atoms in total. The van der Waals surface area contributed by atoms with Crippen molar-refractivity contribution in [2.45, 2.75) is 30.7 Å². The molecule has 0 radical (unpaired) electrons. The topological polar surface area (TPSA) is 87.7 Å². The summed E-state index contributed by atoms with van der Waals surface area (Å²) < 4.78 is 46.8. The number of hydrogen-bond donors (Lipinski definition) is 2. The number of nitrogens with one attached hydrogen (secondary N) is 2. The zero-order chi connectivity index (χ0) is 25.7. The van der Waals surface area contributed by atoms with Gasteiger partial charge in [0.1, 0.15) is 11.6 Å². The maximum atomic E-state index is 13.5. The van der Waals surface area contributed by atoms with Crippen molar-refractivity contribution < 1.29 is 22.3 Å². The molecule has 9 heteroatoms. The zero-order valence-corrected chi connectivity index (χ0v) is 21.1. The second-order valence-electron chi connectivity index (χ2n) is 8.80. The van der Waals surface area contributed by atoms with E-state index >= 15 is 0 Å². The fourth-order valence-electron chi connectivity index (χ4n) is 4.41. The van der Waals surface area contributed by atoms with Crippen LogP contribution in [0.5, 0.6) is 5.75 Å². The molecule has 0 aliphatic carbocycles. The average Bonchev–Trinajstić information content (AvgIpc) is 3.41. The molecule has 2 N–H and O–H groups in total. The summed E-state index contributed by atoms with van der Waals surface area (Å²) in [7, 11) is -2.24. The number of carbonyl (C=O) groups excluding carboxylic acids is 1. The van der Waals surface area contributed by atoms with Gasteiger partial charge in [-0.25, -0.2) is 12.8 Å². The fraction of sp³-hybridized carbons (Fsp3) is 0.296. The standard InChI is InChI=1S/C27H30FN3O4S/c1-19-17-22(13-14-24(19)28)36(33,34)30-21-11-9-20(10-12-21)27(32)29-18-25(31-15-5-6-16-31)23-7-3-4-8-26(23)35-2/h3-4,7-14,17,25,30H,5-6,15-16,18H2,1-2H3,(H,29,32)/t25-/m1/s1. The number of aryl methyl sites for hydroxylation is 1. The highest BCUT2D eigenvalue weighted by Gasteiger charge is 2.26. The molecule has 36 heavy (non-hydrogen) atoms. The lowest BCUT2D eigenvalue weighted by Gasteiger charge is -2.29. The molecule has 4 rings (SSSR count). The first kappa shape index (κ1) is 25.7. The second-order valence-corrected chi connectivity index (χ2v) is 10.5. The van der Waals surface area contributed by atoms with Crippen LogP contribution in [0.1, 0.15) is 40.4 Å². The molecule has 0 saturated carbocycles. The normalized spacial score (nSPS) is 14.9. The third-order valence-electron chi connectivity index (χ3n) is 6.37. The van der Waals surface area contributed by atoms with E-state index in [1.807, 2.05) is 24.3 Å². The van der Waals surface area contributed by atoms with Gasteiger partial charge >= 0.3 is 0 Å². The summed E-state index contributed by atoms with van der Waals surface area (Å²) in [4.78, 5) is 15.2. The van der Waals surface area contributed by atoms with Gasteiger partial charge in [-0.15, -0.1) is 0 Å². The minimum absolute atomic E-state index is 0.0159. The van der Waals surface area contributed by atoms with E-state index in [-0.39, 0.29) is 22.4 Å². The number of carbonyl (C=O) groups is 1. The van der Waals surface area contributed by atoms with Gasteiger partial charge in [0, 0.05) is 23.4 Å². The van der Waals surface area contributed by atoms with Gasteiger partial charge in [0.05, 0.1) is 18.0 Å². The maximum absolute atomic E-state index is 13.5. The molecule has 3 aromatic rings. The molecule has 3 aromatic carbocycles. The van der Waals surface area contributed by atoms with Gasteiger partial charge < -0.3 is 10.1 Å². The van der Waals surface area contributed by atoms with E-state index in [1.165, 1.54) is 31.2 Å². The quantitative estimate of drug-likeness (QED) is 0.441. The summed E-state index contributed by atoms with van der Waals surface area (Å²) in [5.41, 5.74) is 1.99. The maximum Gasteiger partial charge on any atom is 0.261 e. The highest BCUT2D eigenvalue weighted by molar-refractivity contribution is 7.92. The number of rotatable bonds is 9. The van der Waals surface area contributed by atoms with Crippen LogP contribution >= 0.6 is 0 Å². The van der Waals surface area contributed by atoms with Crippen LogP contribution in [0.15, 0.2) is 71.6 Å². The van der Waals surface area contributed by atoms with E-state index in [0.717, 1.165) is 43.3 Å². The zero-order valence-electron chi connectivity index (χ0n) is 20.3. The Morgan fingerprint density at radius 3 is 2.42 bits per heavy atom. The summed E-state index contributed by atoms with van der Waals surface area (Å²) in [6, 6.07) is 17.6. The molecule has 1 atom stereocenters. The van der Waals surface area contributed by atoms with Crippen LogP contribution < -0.4 is 14.8 Å². The van der Waals surface area contributed by atoms with E-state index in [1.54, 1.807) is 19.2 Å². The van der Waals surface area contributed by atoms with Crippen molar-refractivity contribution in [1.82, 2.24) is 10.2 Å². The van der Waals surface area contributed by atoms with Crippen LogP contribution in [0.25, 0.3) is 0 Å². The van der Waals surface area contributed by atoms with Gasteiger partial charge in [-0.1, -0.05) is 18.2 Å². The number of halogens is 1. The number of sulfonamides is 1. The van der Waals surface area contributed by atoms with E-state index in [0.29, 0.717) is 17.8 Å². The molecule has 1 aliphatic rings. The Labute approximate surface area is 211 Å². The summed E-state index contributed by atoms with van der Waals surface area (Å²) in [6.07, 6.45) is 2.24. The van der Waals surface area contributed by atoms with Gasteiger partial charge in [-0.3, -0.25) is 14.4 Å². The monoisotopic (exact) mass is 511 g/mol. The van der Waals surface area contributed by atoms with Crippen LogP contribution in [0.2, 0.25) is 0 Å². The van der Waals surface area contributed by atoms with Crippen molar-refractivity contribution in [3.8, 4) is 5.75 Å². The van der Waals surface area contributed by atoms with Crippen molar-refractivity contribution in [2.24, 2.45) is 0 Å². The molecule has 0 bridgehead atoms. The molecular weight excluding hydrogens is 481 g/mol. The van der Waals surface area contributed by atoms with Crippen molar-refractivity contribution >= 4 is 21.6 Å². The summed E-state index contributed by atoms with van der Waals surface area (Å²) >= 11 is 0. The number of benzene rings is 3. The van der Waals surface area contributed by atoms with Crippen molar-refractivity contribution in [1.29, 1.82) is 0 Å². The van der Waals surface area contributed by atoms with Gasteiger partial charge in [-0.2, -0.15) is 0 Å². The van der Waals surface area contributed by atoms with E-state index in [4.69, 9.17) is 4.74 Å². The lowest BCUT2D eigenvalue weighted by atomic mass is 10.0. The van der Waals surface area contributed by atoms with Crippen LogP contribution in [-0.4, -0.2) is 46.0 Å². The fourth-order valence-corrected chi connectivity index (χ4v) is 5.55. The van der Waals surface area contributed by atoms with Crippen LogP contribution in [-0.2, 0) is 10.0 Å². The molecule has 1 aliphatic heterocycles. The van der Waals surface area contributed by atoms with E-state index in [2.05, 4.69) is 14.9 Å². The number of ether oxygens (including phenoxy) is 1. The minimum atomic E-state index is -3.89. The Bertz CT molecular complexity index is 1320. The van der Waals surface area contributed by atoms with Gasteiger partial charge in [0.2, 0.25) is 0 Å². The number of nitrogens with zero attached hydrogens (tertiary/aromatic N) is 1. The predicted octanol–water partition coefficient (Wildman–Crippen LogP) is 4.51. The lowest BCUT2D eigenvalue weighted by Crippen LogP contribution is -2.37. The lowest BCUT2D eigenvalue weighted by molar-refractivity contribution is 0.0937. The summed E-state index contributed by atoms with van der Waals surface area (Å²) in [6.45, 7) is 3.84. The highest BCUT2D eigenvalue weighted by Crippen LogP contribution is 2.31. The molecule has 190 valence electrons. The number of hydrogen-bond acceptors (Lipinski definition) is 5. The average molecular weight is 512 g/mol. The molecule has 0 unspecified atom stereocenters. The first-order valence-corrected chi connectivity index (χ1v) is 13.3. The first-order valence-electron chi connectivity index (χ1n) is 11.8. The van der Waals surface area contributed by atoms with E-state index in [9.17, 15) is 17.6 Å². The molecule has 1 heterocycles. The number of para-hydroxylation sites is 1. The Kier molecular flexibility index (Phi) is 7.91. The Balaban J connectivity index is 1.43. The van der Waals surface area contributed by atoms with E-state index < -0.39 is 15.8 Å². The number of anilines is 1. The highest BCUT2D eigenvalue weighted by atomic mass is 32.2. The van der Waals surface area contributed by atoms with Gasteiger partial charge in [0.15, 0.2) is 0 Å². The molecule has 0 aromatic heterocycles. The Morgan fingerprint density at radius 1 is 1.06 bits per heavy atom. The molecular formula is C27H30FN3O4S. The molecule has 1 fully saturated rings. The Hall–Kier alpha value is -3.43.